The molecule has 2 fully saturated rings. The molecule has 28 heavy (non-hydrogen) atoms. The minimum Gasteiger partial charge on any atom is -0.496 e. The van der Waals surface area contributed by atoms with Crippen molar-refractivity contribution in [1.82, 2.24) is 0 Å². The van der Waals surface area contributed by atoms with Gasteiger partial charge in [0.25, 0.3) is 0 Å². The van der Waals surface area contributed by atoms with Crippen LogP contribution in [0.3, 0.4) is 0 Å². The maximum Gasteiger partial charge on any atom is 0.313 e. The first kappa shape index (κ1) is 18.8. The summed E-state index contributed by atoms with van der Waals surface area (Å²) in [5.74, 6) is 5.76. The third kappa shape index (κ3) is 2.84. The number of allylic oxidation sites excluding steroid dienone is 1. The van der Waals surface area contributed by atoms with Gasteiger partial charge in [-0.1, -0.05) is 19.8 Å². The van der Waals surface area contributed by atoms with Gasteiger partial charge in [-0.2, -0.15) is 0 Å². The Bertz CT molecular complexity index is 930. The van der Waals surface area contributed by atoms with Gasteiger partial charge in [0.2, 0.25) is 0 Å². The molecular weight excluding hydrogens is 356 g/mol. The van der Waals surface area contributed by atoms with E-state index in [0.29, 0.717) is 22.6 Å². The van der Waals surface area contributed by atoms with Crippen LogP contribution in [0.2, 0.25) is 0 Å². The molecule has 1 aromatic rings. The third-order valence-electron chi connectivity index (χ3n) is 5.79. The number of carbonyl (C=O) groups is 2. The SMILES string of the molecule is CC#Cc1ccc(C2=C(OC(=O)C(C)C)C3C4CCC(O4)C3C2=O)c(OC)c1. The molecular formula is C23H24O5. The highest BCUT2D eigenvalue weighted by Crippen LogP contribution is 2.55. The molecule has 5 nitrogen and oxygen atoms in total. The van der Waals surface area contributed by atoms with Crippen LogP contribution in [0.1, 0.15) is 44.7 Å². The number of methoxy groups -OCH3 is 1. The molecule has 0 aromatic heterocycles. The van der Waals surface area contributed by atoms with Gasteiger partial charge in [-0.25, -0.2) is 0 Å². The van der Waals surface area contributed by atoms with E-state index in [9.17, 15) is 9.59 Å². The van der Waals surface area contributed by atoms with Crippen molar-refractivity contribution in [2.75, 3.05) is 7.11 Å². The van der Waals surface area contributed by atoms with Crippen molar-refractivity contribution in [3.63, 3.8) is 0 Å². The second-order valence-electron chi connectivity index (χ2n) is 7.81. The normalized spacial score (nSPS) is 27.7. The predicted molar refractivity (Wildman–Crippen MR) is 103 cm³/mol. The molecule has 2 saturated heterocycles. The molecule has 0 spiro atoms. The Morgan fingerprint density at radius 3 is 2.57 bits per heavy atom. The molecule has 4 unspecified atom stereocenters. The quantitative estimate of drug-likeness (QED) is 0.592. The molecule has 0 N–H and O–H groups in total. The number of rotatable bonds is 4. The second-order valence-corrected chi connectivity index (χ2v) is 7.81. The number of carbonyl (C=O) groups excluding carboxylic acids is 2. The van der Waals surface area contributed by atoms with Crippen LogP contribution in [0.25, 0.3) is 5.57 Å². The molecule has 4 atom stereocenters. The highest BCUT2D eigenvalue weighted by molar-refractivity contribution is 6.26. The molecule has 1 aliphatic carbocycles. The van der Waals surface area contributed by atoms with Gasteiger partial charge in [-0.15, -0.1) is 5.92 Å². The van der Waals surface area contributed by atoms with Gasteiger partial charge < -0.3 is 14.2 Å². The third-order valence-corrected chi connectivity index (χ3v) is 5.79. The van der Waals surface area contributed by atoms with Gasteiger partial charge in [-0.05, 0) is 38.0 Å². The van der Waals surface area contributed by atoms with Crippen molar-refractivity contribution >= 4 is 17.3 Å². The van der Waals surface area contributed by atoms with Crippen molar-refractivity contribution in [2.45, 2.75) is 45.8 Å². The molecule has 3 aliphatic rings. The van der Waals surface area contributed by atoms with E-state index in [2.05, 4.69) is 11.8 Å². The number of esters is 1. The maximum absolute atomic E-state index is 13.4. The van der Waals surface area contributed by atoms with E-state index in [1.807, 2.05) is 18.2 Å². The maximum atomic E-state index is 13.4. The minimum atomic E-state index is -0.337. The summed E-state index contributed by atoms with van der Waals surface area (Å²) < 4.78 is 17.3. The highest BCUT2D eigenvalue weighted by Gasteiger charge is 2.60. The van der Waals surface area contributed by atoms with Crippen LogP contribution in [-0.4, -0.2) is 31.1 Å². The average molecular weight is 380 g/mol. The Balaban J connectivity index is 1.85. The van der Waals surface area contributed by atoms with Crippen LogP contribution in [0, 0.1) is 29.6 Å². The summed E-state index contributed by atoms with van der Waals surface area (Å²) in [6.07, 6.45) is 1.60. The number of benzene rings is 1. The van der Waals surface area contributed by atoms with Gasteiger partial charge in [0.1, 0.15) is 11.5 Å². The van der Waals surface area contributed by atoms with Crippen LogP contribution in [-0.2, 0) is 19.1 Å². The first-order chi connectivity index (χ1) is 13.5. The Morgan fingerprint density at radius 1 is 1.21 bits per heavy atom. The summed E-state index contributed by atoms with van der Waals surface area (Å²) in [6, 6.07) is 5.50. The molecule has 2 aliphatic heterocycles. The molecule has 1 aromatic carbocycles. The topological polar surface area (TPSA) is 61.8 Å². The summed E-state index contributed by atoms with van der Waals surface area (Å²) in [4.78, 5) is 25.8. The first-order valence-corrected chi connectivity index (χ1v) is 9.73. The van der Waals surface area contributed by atoms with Crippen LogP contribution in [0.5, 0.6) is 5.75 Å². The predicted octanol–water partition coefficient (Wildman–Crippen LogP) is 3.35. The summed E-state index contributed by atoms with van der Waals surface area (Å²) in [5.41, 5.74) is 1.91. The fourth-order valence-electron chi connectivity index (χ4n) is 4.53. The second kappa shape index (κ2) is 7.10. The summed E-state index contributed by atoms with van der Waals surface area (Å²) in [5, 5.41) is 0. The van der Waals surface area contributed by atoms with Gasteiger partial charge >= 0.3 is 5.97 Å². The van der Waals surface area contributed by atoms with E-state index < -0.39 is 0 Å². The van der Waals surface area contributed by atoms with E-state index in [-0.39, 0.29) is 41.7 Å². The average Bonchev–Trinajstić information content (AvgIpc) is 3.36. The lowest BCUT2D eigenvalue weighted by atomic mass is 9.80. The Labute approximate surface area is 165 Å². The molecule has 0 amide bonds. The van der Waals surface area contributed by atoms with E-state index in [1.54, 1.807) is 27.9 Å². The van der Waals surface area contributed by atoms with E-state index in [4.69, 9.17) is 14.2 Å². The van der Waals surface area contributed by atoms with E-state index in [1.165, 1.54) is 0 Å². The lowest BCUT2D eigenvalue weighted by molar-refractivity contribution is -0.144. The lowest BCUT2D eigenvalue weighted by Crippen LogP contribution is -2.30. The van der Waals surface area contributed by atoms with E-state index in [0.717, 1.165) is 18.4 Å². The van der Waals surface area contributed by atoms with Crippen LogP contribution in [0.15, 0.2) is 24.0 Å². The molecule has 2 bridgehead atoms. The highest BCUT2D eigenvalue weighted by atomic mass is 16.5. The summed E-state index contributed by atoms with van der Waals surface area (Å²) >= 11 is 0. The Kier molecular flexibility index (Phi) is 4.76. The van der Waals surface area contributed by atoms with Crippen molar-refractivity contribution < 1.29 is 23.8 Å². The minimum absolute atomic E-state index is 0.0172. The number of hydrogen-bond acceptors (Lipinski definition) is 5. The van der Waals surface area contributed by atoms with Gasteiger partial charge in [0.05, 0.1) is 42.6 Å². The van der Waals surface area contributed by atoms with E-state index >= 15 is 0 Å². The molecule has 0 radical (unpaired) electrons. The lowest BCUT2D eigenvalue weighted by Gasteiger charge is -2.22. The number of ketones is 1. The molecule has 0 saturated carbocycles. The monoisotopic (exact) mass is 380 g/mol. The number of fused-ring (bicyclic) bond motifs is 5. The first-order valence-electron chi connectivity index (χ1n) is 9.73. The number of ether oxygens (including phenoxy) is 3. The zero-order chi connectivity index (χ0) is 20.0. The fraction of sp³-hybridized carbons (Fsp3) is 0.478. The zero-order valence-electron chi connectivity index (χ0n) is 16.6. The van der Waals surface area contributed by atoms with Gasteiger partial charge in [-0.3, -0.25) is 9.59 Å². The smallest absolute Gasteiger partial charge is 0.313 e. The van der Waals surface area contributed by atoms with Gasteiger partial charge in [0, 0.05) is 11.1 Å². The molecule has 5 heteroatoms. The molecule has 146 valence electrons. The van der Waals surface area contributed by atoms with Crippen molar-refractivity contribution in [1.29, 1.82) is 0 Å². The Hall–Kier alpha value is -2.58. The fourth-order valence-corrected chi connectivity index (χ4v) is 4.53. The largest absolute Gasteiger partial charge is 0.496 e. The van der Waals surface area contributed by atoms with Crippen LogP contribution in [0.4, 0.5) is 0 Å². The van der Waals surface area contributed by atoms with Crippen LogP contribution < -0.4 is 4.74 Å². The molecule has 2 heterocycles. The van der Waals surface area contributed by atoms with Crippen molar-refractivity contribution in [3.8, 4) is 17.6 Å². The van der Waals surface area contributed by atoms with Crippen molar-refractivity contribution in [2.24, 2.45) is 17.8 Å². The summed E-state index contributed by atoms with van der Waals surface area (Å²) in [6.45, 7) is 5.34. The standard InChI is InChI=1S/C23H24O5/c1-5-6-13-7-8-14(17(11-13)26-4)18-21(24)19-15-9-10-16(27-15)20(19)22(18)28-23(25)12(2)3/h7-8,11-12,15-16,19-20H,9-10H2,1-4H3. The zero-order valence-corrected chi connectivity index (χ0v) is 16.6. The molecule has 4 rings (SSSR count). The summed E-state index contributed by atoms with van der Waals surface area (Å²) in [7, 11) is 1.56. The Morgan fingerprint density at radius 2 is 1.93 bits per heavy atom. The van der Waals surface area contributed by atoms with Gasteiger partial charge in [0.15, 0.2) is 5.78 Å². The van der Waals surface area contributed by atoms with Crippen molar-refractivity contribution in [3.05, 3.63) is 35.1 Å². The number of hydrogen-bond donors (Lipinski definition) is 0. The number of Topliss-reactive ketones (excluding diaryl/α,β-unsaturated/α-hetero) is 1. The van der Waals surface area contributed by atoms with Crippen LogP contribution >= 0.6 is 0 Å².